The second kappa shape index (κ2) is 6.72. The van der Waals surface area contributed by atoms with Crippen LogP contribution in [0, 0.1) is 5.82 Å². The molecule has 19 heavy (non-hydrogen) atoms. The van der Waals surface area contributed by atoms with Crippen LogP contribution in [0.15, 0.2) is 18.2 Å². The van der Waals surface area contributed by atoms with Gasteiger partial charge < -0.3 is 10.6 Å². The van der Waals surface area contributed by atoms with E-state index in [1.165, 1.54) is 12.1 Å². The standard InChI is InChI=1S/C11H11ClF4N2O/c12-8-3-7(1-2-9(8)13)4-18-10(19)5-17-6-11(14,15)16/h1-3,17H,4-6H2,(H,18,19). The lowest BCUT2D eigenvalue weighted by Crippen LogP contribution is -2.38. The molecule has 0 fully saturated rings. The van der Waals surface area contributed by atoms with Gasteiger partial charge in [0, 0.05) is 6.54 Å². The van der Waals surface area contributed by atoms with Crippen LogP contribution >= 0.6 is 11.6 Å². The van der Waals surface area contributed by atoms with Gasteiger partial charge in [-0.25, -0.2) is 4.39 Å². The zero-order valence-corrected chi connectivity index (χ0v) is 10.4. The predicted octanol–water partition coefficient (Wildman–Crippen LogP) is 2.25. The fraction of sp³-hybridized carbons (Fsp3) is 0.364. The third-order valence-corrected chi connectivity index (χ3v) is 2.37. The van der Waals surface area contributed by atoms with E-state index in [1.807, 2.05) is 5.32 Å². The first kappa shape index (κ1) is 15.7. The van der Waals surface area contributed by atoms with Crippen molar-refractivity contribution in [3.05, 3.63) is 34.6 Å². The summed E-state index contributed by atoms with van der Waals surface area (Å²) >= 11 is 5.54. The second-order valence-electron chi connectivity index (χ2n) is 3.74. The van der Waals surface area contributed by atoms with Crippen LogP contribution in [0.4, 0.5) is 17.6 Å². The molecule has 0 atom stereocenters. The Bertz CT molecular complexity index is 451. The third-order valence-electron chi connectivity index (χ3n) is 2.08. The van der Waals surface area contributed by atoms with Crippen LogP contribution in [-0.2, 0) is 11.3 Å². The Labute approximate surface area is 111 Å². The Morgan fingerprint density at radius 1 is 1.32 bits per heavy atom. The minimum absolute atomic E-state index is 0.0620. The van der Waals surface area contributed by atoms with Crippen LogP contribution < -0.4 is 10.6 Å². The number of carbonyl (C=O) groups excluding carboxylic acids is 1. The highest BCUT2D eigenvalue weighted by Crippen LogP contribution is 2.15. The maximum atomic E-state index is 12.8. The lowest BCUT2D eigenvalue weighted by atomic mass is 10.2. The molecule has 1 aromatic carbocycles. The fourth-order valence-corrected chi connectivity index (χ4v) is 1.43. The first-order valence-electron chi connectivity index (χ1n) is 5.26. The van der Waals surface area contributed by atoms with Gasteiger partial charge in [0.25, 0.3) is 0 Å². The smallest absolute Gasteiger partial charge is 0.351 e. The Hall–Kier alpha value is -1.34. The highest BCUT2D eigenvalue weighted by Gasteiger charge is 2.26. The van der Waals surface area contributed by atoms with E-state index in [0.717, 1.165) is 6.07 Å². The van der Waals surface area contributed by atoms with Crippen molar-refractivity contribution in [2.24, 2.45) is 0 Å². The molecule has 0 radical (unpaired) electrons. The largest absolute Gasteiger partial charge is 0.401 e. The maximum Gasteiger partial charge on any atom is 0.401 e. The number of amides is 1. The monoisotopic (exact) mass is 298 g/mol. The first-order chi connectivity index (χ1) is 8.78. The molecule has 0 unspecified atom stereocenters. The molecular weight excluding hydrogens is 288 g/mol. The van der Waals surface area contributed by atoms with Gasteiger partial charge in [-0.05, 0) is 17.7 Å². The van der Waals surface area contributed by atoms with E-state index in [-0.39, 0.29) is 11.6 Å². The van der Waals surface area contributed by atoms with Gasteiger partial charge >= 0.3 is 6.18 Å². The van der Waals surface area contributed by atoms with Crippen LogP contribution in [0.1, 0.15) is 5.56 Å². The summed E-state index contributed by atoms with van der Waals surface area (Å²) in [4.78, 5) is 11.2. The molecule has 0 aliphatic heterocycles. The number of nitrogens with one attached hydrogen (secondary N) is 2. The van der Waals surface area contributed by atoms with Crippen molar-refractivity contribution in [3.63, 3.8) is 0 Å². The van der Waals surface area contributed by atoms with Gasteiger partial charge in [0.15, 0.2) is 0 Å². The second-order valence-corrected chi connectivity index (χ2v) is 4.15. The van der Waals surface area contributed by atoms with Crippen LogP contribution in [0.25, 0.3) is 0 Å². The topological polar surface area (TPSA) is 41.1 Å². The highest BCUT2D eigenvalue weighted by atomic mass is 35.5. The maximum absolute atomic E-state index is 12.8. The highest BCUT2D eigenvalue weighted by molar-refractivity contribution is 6.30. The number of hydrogen-bond acceptors (Lipinski definition) is 2. The van der Waals surface area contributed by atoms with Crippen molar-refractivity contribution < 1.29 is 22.4 Å². The number of alkyl halides is 3. The normalized spacial score (nSPS) is 11.4. The molecule has 106 valence electrons. The minimum Gasteiger partial charge on any atom is -0.351 e. The van der Waals surface area contributed by atoms with Crippen molar-refractivity contribution in [2.45, 2.75) is 12.7 Å². The Kier molecular flexibility index (Phi) is 5.56. The van der Waals surface area contributed by atoms with Crippen LogP contribution in [-0.4, -0.2) is 25.2 Å². The van der Waals surface area contributed by atoms with Gasteiger partial charge in [-0.3, -0.25) is 4.79 Å². The van der Waals surface area contributed by atoms with Gasteiger partial charge in [-0.2, -0.15) is 13.2 Å². The van der Waals surface area contributed by atoms with E-state index in [9.17, 15) is 22.4 Å². The summed E-state index contributed by atoms with van der Waals surface area (Å²) in [6.45, 7) is -1.62. The molecule has 0 heterocycles. The number of benzene rings is 1. The Morgan fingerprint density at radius 3 is 2.58 bits per heavy atom. The number of hydrogen-bond donors (Lipinski definition) is 2. The summed E-state index contributed by atoms with van der Waals surface area (Å²) in [5, 5.41) is 4.26. The van der Waals surface area contributed by atoms with E-state index in [0.29, 0.717) is 5.56 Å². The average Bonchev–Trinajstić information content (AvgIpc) is 2.29. The molecule has 0 spiro atoms. The lowest BCUT2D eigenvalue weighted by molar-refractivity contribution is -0.128. The van der Waals surface area contributed by atoms with Gasteiger partial charge in [-0.1, -0.05) is 17.7 Å². The summed E-state index contributed by atoms with van der Waals surface area (Å²) in [5.74, 6) is -1.17. The number of carbonyl (C=O) groups is 1. The molecule has 0 aromatic heterocycles. The summed E-state index contributed by atoms with van der Waals surface area (Å²) in [7, 11) is 0. The zero-order valence-electron chi connectivity index (χ0n) is 9.65. The molecule has 0 aliphatic rings. The molecule has 3 nitrogen and oxygen atoms in total. The molecule has 8 heteroatoms. The summed E-state index contributed by atoms with van der Waals surface area (Å²) < 4.78 is 48.2. The predicted molar refractivity (Wildman–Crippen MR) is 62.2 cm³/mol. The SMILES string of the molecule is O=C(CNCC(F)(F)F)NCc1ccc(F)c(Cl)c1. The van der Waals surface area contributed by atoms with E-state index >= 15 is 0 Å². The van der Waals surface area contributed by atoms with E-state index in [4.69, 9.17) is 11.6 Å². The Morgan fingerprint density at radius 2 is 2.00 bits per heavy atom. The fourth-order valence-electron chi connectivity index (χ4n) is 1.23. The van der Waals surface area contributed by atoms with Gasteiger partial charge in [0.05, 0.1) is 18.1 Å². The minimum atomic E-state index is -4.36. The zero-order chi connectivity index (χ0) is 14.5. The van der Waals surface area contributed by atoms with Crippen molar-refractivity contribution in [1.29, 1.82) is 0 Å². The number of rotatable bonds is 5. The summed E-state index contributed by atoms with van der Waals surface area (Å²) in [5.41, 5.74) is 0.551. The van der Waals surface area contributed by atoms with Gasteiger partial charge in [0.1, 0.15) is 5.82 Å². The van der Waals surface area contributed by atoms with Gasteiger partial charge in [0.2, 0.25) is 5.91 Å². The quantitative estimate of drug-likeness (QED) is 0.819. The van der Waals surface area contributed by atoms with E-state index in [2.05, 4.69) is 5.32 Å². The number of halogens is 5. The molecule has 0 saturated heterocycles. The van der Waals surface area contributed by atoms with Crippen molar-refractivity contribution in [1.82, 2.24) is 10.6 Å². The lowest BCUT2D eigenvalue weighted by Gasteiger charge is -2.09. The molecular formula is C11H11ClF4N2O. The molecule has 1 aromatic rings. The molecule has 0 bridgehead atoms. The molecule has 0 aliphatic carbocycles. The molecule has 2 N–H and O–H groups in total. The average molecular weight is 299 g/mol. The third kappa shape index (κ3) is 6.40. The molecule has 0 saturated carbocycles. The van der Waals surface area contributed by atoms with E-state index < -0.39 is 31.0 Å². The first-order valence-corrected chi connectivity index (χ1v) is 5.64. The van der Waals surface area contributed by atoms with Crippen LogP contribution in [0.5, 0.6) is 0 Å². The van der Waals surface area contributed by atoms with Crippen LogP contribution in [0.3, 0.4) is 0 Å². The molecule has 1 amide bonds. The summed E-state index contributed by atoms with van der Waals surface area (Å²) in [6.07, 6.45) is -4.36. The van der Waals surface area contributed by atoms with Gasteiger partial charge in [-0.15, -0.1) is 0 Å². The van der Waals surface area contributed by atoms with E-state index in [1.54, 1.807) is 0 Å². The summed E-state index contributed by atoms with van der Waals surface area (Å²) in [6, 6.07) is 3.90. The van der Waals surface area contributed by atoms with Crippen molar-refractivity contribution >= 4 is 17.5 Å². The van der Waals surface area contributed by atoms with Crippen molar-refractivity contribution in [3.8, 4) is 0 Å². The molecule has 1 rings (SSSR count). The van der Waals surface area contributed by atoms with Crippen molar-refractivity contribution in [2.75, 3.05) is 13.1 Å². The Balaban J connectivity index is 2.32. The van der Waals surface area contributed by atoms with Crippen LogP contribution in [0.2, 0.25) is 5.02 Å².